The molecule has 0 radical (unpaired) electrons. The summed E-state index contributed by atoms with van der Waals surface area (Å²) in [4.78, 5) is 15.0. The van der Waals surface area contributed by atoms with Gasteiger partial charge >= 0.3 is 5.97 Å². The molecular formula is C28H39N7O2. The lowest BCUT2D eigenvalue weighted by atomic mass is 10.1. The minimum atomic E-state index is -0.987. The minimum absolute atomic E-state index is 0.273. The van der Waals surface area contributed by atoms with E-state index in [-0.39, 0.29) is 11.1 Å². The van der Waals surface area contributed by atoms with Crippen molar-refractivity contribution in [2.24, 2.45) is 15.4 Å². The lowest BCUT2D eigenvalue weighted by Gasteiger charge is -2.25. The number of carboxylic acids is 1. The Balaban J connectivity index is 2.27. The van der Waals surface area contributed by atoms with Gasteiger partial charge in [-0.3, -0.25) is 0 Å². The van der Waals surface area contributed by atoms with Crippen molar-refractivity contribution in [1.29, 1.82) is 0 Å². The van der Waals surface area contributed by atoms with Crippen molar-refractivity contribution in [3.63, 3.8) is 0 Å². The Bertz CT molecular complexity index is 1340. The molecule has 1 N–H and O–H groups in total. The molecule has 2 aromatic carbocycles. The summed E-state index contributed by atoms with van der Waals surface area (Å²) in [6, 6.07) is 11.6. The van der Waals surface area contributed by atoms with E-state index >= 15 is 0 Å². The number of aliphatic carboxylic acids is 1. The van der Waals surface area contributed by atoms with Gasteiger partial charge in [0.25, 0.3) is 0 Å². The van der Waals surface area contributed by atoms with Crippen LogP contribution in [-0.4, -0.2) is 48.4 Å². The van der Waals surface area contributed by atoms with E-state index < -0.39 is 5.97 Å². The summed E-state index contributed by atoms with van der Waals surface area (Å²) < 4.78 is 4.44. The summed E-state index contributed by atoms with van der Waals surface area (Å²) in [6.07, 6.45) is 2.64. The average Bonchev–Trinajstić information content (AvgIpc) is 3.11. The molecule has 198 valence electrons. The van der Waals surface area contributed by atoms with Crippen molar-refractivity contribution in [1.82, 2.24) is 9.13 Å². The van der Waals surface area contributed by atoms with Crippen molar-refractivity contribution in [2.45, 2.75) is 52.6 Å². The zero-order valence-electron chi connectivity index (χ0n) is 23.6. The molecule has 3 aromatic rings. The molecule has 37 heavy (non-hydrogen) atoms. The number of benzene rings is 2. The number of hydrogen-bond donors (Lipinski definition) is 1. The normalized spacial score (nSPS) is 12.6. The summed E-state index contributed by atoms with van der Waals surface area (Å²) in [6.45, 7) is 13.0. The van der Waals surface area contributed by atoms with Crippen LogP contribution >= 0.6 is 0 Å². The van der Waals surface area contributed by atoms with Gasteiger partial charge in [-0.25, -0.2) is 4.79 Å². The molecule has 0 aliphatic rings. The summed E-state index contributed by atoms with van der Waals surface area (Å²) in [5.41, 5.74) is 5.93. The molecule has 1 aromatic heterocycles. The zero-order valence-corrected chi connectivity index (χ0v) is 23.6. The van der Waals surface area contributed by atoms with E-state index in [9.17, 15) is 4.79 Å². The van der Waals surface area contributed by atoms with Crippen LogP contribution in [0.2, 0.25) is 0 Å². The number of rotatable bonds is 6. The first-order valence-electron chi connectivity index (χ1n) is 12.2. The van der Waals surface area contributed by atoms with Crippen molar-refractivity contribution >= 4 is 40.1 Å². The van der Waals surface area contributed by atoms with Crippen LogP contribution in [0.25, 0.3) is 17.1 Å². The van der Waals surface area contributed by atoms with E-state index in [0.717, 1.165) is 34.0 Å². The van der Waals surface area contributed by atoms with Crippen LogP contribution in [0.5, 0.6) is 0 Å². The van der Waals surface area contributed by atoms with Gasteiger partial charge in [0.1, 0.15) is 0 Å². The number of imidazole rings is 1. The smallest absolute Gasteiger partial charge is 0.328 e. The largest absolute Gasteiger partial charge is 0.478 e. The fourth-order valence-corrected chi connectivity index (χ4v) is 4.29. The average molecular weight is 506 g/mol. The van der Waals surface area contributed by atoms with Gasteiger partial charge < -0.3 is 24.0 Å². The van der Waals surface area contributed by atoms with Crippen LogP contribution in [-0.2, 0) is 15.9 Å². The highest BCUT2D eigenvalue weighted by atomic mass is 16.4. The molecule has 0 amide bonds. The summed E-state index contributed by atoms with van der Waals surface area (Å²) >= 11 is 0. The maximum Gasteiger partial charge on any atom is 0.328 e. The highest BCUT2D eigenvalue weighted by Crippen LogP contribution is 2.35. The number of fused-ring (bicyclic) bond motifs is 1. The van der Waals surface area contributed by atoms with E-state index in [1.807, 2.05) is 0 Å². The third-order valence-corrected chi connectivity index (χ3v) is 5.86. The standard InChI is InChI=1S/C28H39N7O2/c1-27(2,3)34-23-17-21(32(7)8)22(33(9)10)18-24(23)35(28(4,5)6)26(34)30-31-29-20-14-11-19(12-15-20)13-16-25(36)37/h11-18H,1-10H3,(H,36,37)/b16-13+,31-29?. The molecule has 0 atom stereocenters. The number of carbonyl (C=O) groups is 1. The van der Waals surface area contributed by atoms with Gasteiger partial charge in [-0.15, -0.1) is 5.11 Å². The molecule has 3 rings (SSSR count). The monoisotopic (exact) mass is 505 g/mol. The van der Waals surface area contributed by atoms with Crippen molar-refractivity contribution in [2.75, 3.05) is 38.0 Å². The SMILES string of the molecule is CN(C)c1cc2c(cc1N(C)C)n(C(C)(C)C)c(=NN=Nc1ccc(/C=C/C(=O)O)cc1)n2C(C)(C)C. The van der Waals surface area contributed by atoms with E-state index in [1.165, 1.54) is 6.08 Å². The highest BCUT2D eigenvalue weighted by molar-refractivity contribution is 5.89. The Kier molecular flexibility index (Phi) is 7.67. The van der Waals surface area contributed by atoms with Crippen LogP contribution in [0.15, 0.2) is 57.9 Å². The molecule has 0 aliphatic heterocycles. The Hall–Kier alpha value is -3.88. The highest BCUT2D eigenvalue weighted by Gasteiger charge is 2.28. The lowest BCUT2D eigenvalue weighted by Crippen LogP contribution is -2.40. The van der Waals surface area contributed by atoms with E-state index in [2.05, 4.69) is 116 Å². The van der Waals surface area contributed by atoms with Crippen molar-refractivity contribution < 1.29 is 9.90 Å². The Labute approximate surface area is 219 Å². The van der Waals surface area contributed by atoms with Crippen LogP contribution < -0.4 is 15.4 Å². The van der Waals surface area contributed by atoms with E-state index in [0.29, 0.717) is 11.3 Å². The molecule has 0 bridgehead atoms. The first-order chi connectivity index (χ1) is 17.1. The second-order valence-corrected chi connectivity index (χ2v) is 11.5. The van der Waals surface area contributed by atoms with E-state index in [1.54, 1.807) is 24.3 Å². The van der Waals surface area contributed by atoms with Gasteiger partial charge in [0.2, 0.25) is 5.62 Å². The number of anilines is 2. The first-order valence-corrected chi connectivity index (χ1v) is 12.2. The topological polar surface area (TPSA) is 90.7 Å². The van der Waals surface area contributed by atoms with Gasteiger partial charge in [-0.2, -0.15) is 0 Å². The molecule has 9 nitrogen and oxygen atoms in total. The van der Waals surface area contributed by atoms with Crippen LogP contribution in [0.3, 0.4) is 0 Å². The molecule has 1 heterocycles. The molecule has 0 fully saturated rings. The van der Waals surface area contributed by atoms with Gasteiger partial charge in [0, 0.05) is 45.3 Å². The lowest BCUT2D eigenvalue weighted by molar-refractivity contribution is -0.131. The predicted octanol–water partition coefficient (Wildman–Crippen LogP) is 5.78. The summed E-state index contributed by atoms with van der Waals surface area (Å²) in [7, 11) is 8.22. The molecule has 0 spiro atoms. The molecule has 9 heteroatoms. The first kappa shape index (κ1) is 27.7. The van der Waals surface area contributed by atoms with Gasteiger partial charge in [0.05, 0.1) is 28.1 Å². The minimum Gasteiger partial charge on any atom is -0.478 e. The fourth-order valence-electron chi connectivity index (χ4n) is 4.29. The van der Waals surface area contributed by atoms with Gasteiger partial charge in [0.15, 0.2) is 0 Å². The van der Waals surface area contributed by atoms with Gasteiger partial charge in [-0.1, -0.05) is 17.2 Å². The predicted molar refractivity (Wildman–Crippen MR) is 152 cm³/mol. The molecule has 0 saturated heterocycles. The van der Waals surface area contributed by atoms with Crippen LogP contribution in [0, 0.1) is 0 Å². The fraction of sp³-hybridized carbons (Fsp3) is 0.429. The Morgan fingerprint density at radius 2 is 1.30 bits per heavy atom. The third kappa shape index (κ3) is 6.10. The molecule has 0 unspecified atom stereocenters. The van der Waals surface area contributed by atoms with Crippen LogP contribution in [0.4, 0.5) is 17.1 Å². The van der Waals surface area contributed by atoms with Crippen molar-refractivity contribution in [3.8, 4) is 0 Å². The number of aromatic nitrogens is 2. The summed E-state index contributed by atoms with van der Waals surface area (Å²) in [5.74, 6) is -0.987. The summed E-state index contributed by atoms with van der Waals surface area (Å²) in [5, 5.41) is 22.0. The maximum absolute atomic E-state index is 10.7. The number of carboxylic acid groups (broad SMARTS) is 1. The number of nitrogens with zero attached hydrogens (tertiary/aromatic N) is 7. The van der Waals surface area contributed by atoms with Crippen molar-refractivity contribution in [3.05, 3.63) is 53.7 Å². The van der Waals surface area contributed by atoms with Crippen LogP contribution in [0.1, 0.15) is 47.1 Å². The van der Waals surface area contributed by atoms with Gasteiger partial charge in [-0.05, 0) is 82.7 Å². The second-order valence-electron chi connectivity index (χ2n) is 11.5. The molecular weight excluding hydrogens is 466 g/mol. The quantitative estimate of drug-likeness (QED) is 0.261. The second kappa shape index (κ2) is 10.2. The Morgan fingerprint density at radius 1 is 0.838 bits per heavy atom. The molecule has 0 saturated carbocycles. The Morgan fingerprint density at radius 3 is 1.68 bits per heavy atom. The number of hydrogen-bond acceptors (Lipinski definition) is 5. The van der Waals surface area contributed by atoms with E-state index in [4.69, 9.17) is 5.11 Å². The third-order valence-electron chi connectivity index (χ3n) is 5.86. The zero-order chi connectivity index (χ0) is 27.7. The maximum atomic E-state index is 10.7. The molecule has 0 aliphatic carbocycles.